The molecule has 0 aliphatic heterocycles. The van der Waals surface area contributed by atoms with E-state index in [1.807, 2.05) is 77.5 Å². The third-order valence-electron chi connectivity index (χ3n) is 6.74. The van der Waals surface area contributed by atoms with Gasteiger partial charge >= 0.3 is 21.1 Å². The summed E-state index contributed by atoms with van der Waals surface area (Å²) in [6.45, 7) is 0. The summed E-state index contributed by atoms with van der Waals surface area (Å²) in [7, 11) is 0. The average molecular weight is 686 g/mol. The minimum atomic E-state index is 0. The molecular formula is C32H18N4O2Pt. The van der Waals surface area contributed by atoms with E-state index in [-0.39, 0.29) is 21.1 Å². The summed E-state index contributed by atoms with van der Waals surface area (Å²) >= 11 is 0. The van der Waals surface area contributed by atoms with Gasteiger partial charge in [0, 0.05) is 28.9 Å². The quantitative estimate of drug-likeness (QED) is 0.179. The van der Waals surface area contributed by atoms with Gasteiger partial charge < -0.3 is 13.7 Å². The van der Waals surface area contributed by atoms with E-state index < -0.39 is 0 Å². The van der Waals surface area contributed by atoms with Gasteiger partial charge in [-0.05, 0) is 35.3 Å². The van der Waals surface area contributed by atoms with E-state index in [1.54, 1.807) is 12.4 Å². The number of fused-ring (bicyclic) bond motifs is 6. The molecule has 7 heteroatoms. The summed E-state index contributed by atoms with van der Waals surface area (Å²) in [6, 6.07) is 39.1. The molecule has 39 heavy (non-hydrogen) atoms. The summed E-state index contributed by atoms with van der Waals surface area (Å²) in [6.07, 6.45) is 3.46. The molecule has 0 atom stereocenters. The molecule has 8 rings (SSSR count). The maximum absolute atomic E-state index is 6.02. The van der Waals surface area contributed by atoms with Gasteiger partial charge in [-0.2, -0.15) is 17.2 Å². The van der Waals surface area contributed by atoms with Crippen molar-refractivity contribution in [3.05, 3.63) is 122 Å². The smallest absolute Gasteiger partial charge is 0.466 e. The molecule has 4 aromatic carbocycles. The Hall–Kier alpha value is -4.67. The van der Waals surface area contributed by atoms with E-state index in [0.29, 0.717) is 11.6 Å². The average Bonchev–Trinajstić information content (AvgIpc) is 3.64. The van der Waals surface area contributed by atoms with Crippen LogP contribution in [0.15, 0.2) is 114 Å². The Bertz CT molecular complexity index is 2130. The van der Waals surface area contributed by atoms with Gasteiger partial charge in [-0.3, -0.25) is 4.68 Å². The van der Waals surface area contributed by atoms with Crippen molar-refractivity contribution in [1.29, 1.82) is 0 Å². The molecule has 0 unspecified atom stereocenters. The van der Waals surface area contributed by atoms with Crippen LogP contribution in [0.4, 0.5) is 0 Å². The molecule has 6 nitrogen and oxygen atoms in total. The SMILES string of the molecule is [Pt+2].[c-]1c(-n2ncc3oc4ccccc4c32)cccc1-n1c2[c-]c(Oc3ccccn3)ccc2c2ccccc21. The Labute approximate surface area is 237 Å². The van der Waals surface area contributed by atoms with Crippen LogP contribution in [0, 0.1) is 12.1 Å². The van der Waals surface area contributed by atoms with Gasteiger partial charge in [0.15, 0.2) is 5.58 Å². The van der Waals surface area contributed by atoms with Crippen LogP contribution in [0.5, 0.6) is 11.6 Å². The molecule has 0 amide bonds. The van der Waals surface area contributed by atoms with Gasteiger partial charge in [0.05, 0.1) is 6.20 Å². The van der Waals surface area contributed by atoms with Gasteiger partial charge in [-0.25, -0.2) is 4.98 Å². The number of pyridine rings is 1. The van der Waals surface area contributed by atoms with E-state index in [2.05, 4.69) is 51.0 Å². The number of rotatable bonds is 4. The van der Waals surface area contributed by atoms with E-state index >= 15 is 0 Å². The molecule has 8 aromatic rings. The number of nitrogens with zero attached hydrogens (tertiary/aromatic N) is 4. The normalized spacial score (nSPS) is 11.4. The fraction of sp³-hybridized carbons (Fsp3) is 0. The minimum absolute atomic E-state index is 0. The van der Waals surface area contributed by atoms with Gasteiger partial charge in [0.25, 0.3) is 0 Å². The number of hydrogen-bond acceptors (Lipinski definition) is 4. The fourth-order valence-electron chi connectivity index (χ4n) is 5.11. The van der Waals surface area contributed by atoms with Crippen molar-refractivity contribution in [2.24, 2.45) is 0 Å². The third kappa shape index (κ3) is 3.76. The van der Waals surface area contributed by atoms with Crippen molar-refractivity contribution in [2.75, 3.05) is 0 Å². The summed E-state index contributed by atoms with van der Waals surface area (Å²) in [5, 5.41) is 7.85. The van der Waals surface area contributed by atoms with Crippen LogP contribution >= 0.6 is 0 Å². The van der Waals surface area contributed by atoms with Crippen LogP contribution in [0.25, 0.3) is 55.2 Å². The second kappa shape index (κ2) is 9.26. The van der Waals surface area contributed by atoms with E-state index in [4.69, 9.17) is 9.15 Å². The number of para-hydroxylation sites is 2. The predicted octanol–water partition coefficient (Wildman–Crippen LogP) is 7.65. The Balaban J connectivity index is 0.00000253. The van der Waals surface area contributed by atoms with E-state index in [1.165, 1.54) is 0 Å². The van der Waals surface area contributed by atoms with Crippen LogP contribution in [-0.4, -0.2) is 19.3 Å². The zero-order valence-electron chi connectivity index (χ0n) is 20.3. The summed E-state index contributed by atoms with van der Waals surface area (Å²) in [5.41, 5.74) is 6.14. The molecule has 0 aliphatic rings. The van der Waals surface area contributed by atoms with Crippen molar-refractivity contribution >= 4 is 43.9 Å². The van der Waals surface area contributed by atoms with Crippen LogP contribution in [-0.2, 0) is 21.1 Å². The standard InChI is InChI=1S/C32H18N4O2.Pt/c1-3-12-27-24(10-1)25-16-15-23(37-31-14-5-6-17-33-31)19-28(25)35(27)21-8-7-9-22(18-21)36-32-26-11-2-4-13-29(26)38-30(32)20-34-36;/h1-17,20H;/q-2;+2. The van der Waals surface area contributed by atoms with Crippen molar-refractivity contribution in [3.8, 4) is 23.0 Å². The second-order valence-corrected chi connectivity index (χ2v) is 9.00. The molecular weight excluding hydrogens is 667 g/mol. The minimum Gasteiger partial charge on any atom is -0.466 e. The van der Waals surface area contributed by atoms with Gasteiger partial charge in [0.2, 0.25) is 5.88 Å². The van der Waals surface area contributed by atoms with E-state index in [0.717, 1.165) is 55.2 Å². The zero-order chi connectivity index (χ0) is 25.1. The molecule has 0 N–H and O–H groups in total. The van der Waals surface area contributed by atoms with Crippen molar-refractivity contribution in [2.45, 2.75) is 0 Å². The van der Waals surface area contributed by atoms with Gasteiger partial charge in [-0.1, -0.05) is 47.6 Å². The van der Waals surface area contributed by atoms with Crippen molar-refractivity contribution < 1.29 is 30.2 Å². The summed E-state index contributed by atoms with van der Waals surface area (Å²) in [5.74, 6) is 1.12. The Morgan fingerprint density at radius 2 is 1.51 bits per heavy atom. The molecule has 4 aromatic heterocycles. The number of hydrogen-bond donors (Lipinski definition) is 0. The van der Waals surface area contributed by atoms with Crippen LogP contribution in [0.1, 0.15) is 0 Å². The first kappa shape index (κ1) is 23.4. The Morgan fingerprint density at radius 1 is 0.692 bits per heavy atom. The molecule has 0 bridgehead atoms. The molecule has 0 fully saturated rings. The van der Waals surface area contributed by atoms with Gasteiger partial charge in [-0.15, -0.1) is 35.7 Å². The van der Waals surface area contributed by atoms with Crippen molar-refractivity contribution in [3.63, 3.8) is 0 Å². The number of ether oxygens (including phenoxy) is 1. The van der Waals surface area contributed by atoms with Crippen LogP contribution in [0.3, 0.4) is 0 Å². The molecule has 0 saturated carbocycles. The molecule has 4 heterocycles. The molecule has 0 saturated heterocycles. The molecule has 0 radical (unpaired) electrons. The molecule has 0 aliphatic carbocycles. The maximum Gasteiger partial charge on any atom is 2.00 e. The monoisotopic (exact) mass is 685 g/mol. The maximum atomic E-state index is 6.02. The topological polar surface area (TPSA) is 58.0 Å². The van der Waals surface area contributed by atoms with Crippen LogP contribution in [0.2, 0.25) is 0 Å². The largest absolute Gasteiger partial charge is 2.00 e. The predicted molar refractivity (Wildman–Crippen MR) is 147 cm³/mol. The first-order valence-electron chi connectivity index (χ1n) is 12.3. The number of aromatic nitrogens is 4. The second-order valence-electron chi connectivity index (χ2n) is 9.00. The zero-order valence-corrected chi connectivity index (χ0v) is 22.6. The van der Waals surface area contributed by atoms with E-state index in [9.17, 15) is 0 Å². The van der Waals surface area contributed by atoms with Crippen molar-refractivity contribution in [1.82, 2.24) is 19.3 Å². The molecule has 0 spiro atoms. The molecule has 188 valence electrons. The Morgan fingerprint density at radius 3 is 2.41 bits per heavy atom. The summed E-state index contributed by atoms with van der Waals surface area (Å²) < 4.78 is 16.1. The number of furan rings is 1. The number of benzene rings is 4. The first-order chi connectivity index (χ1) is 18.8. The third-order valence-corrected chi connectivity index (χ3v) is 6.74. The fourth-order valence-corrected chi connectivity index (χ4v) is 5.11. The van der Waals surface area contributed by atoms with Gasteiger partial charge in [0.1, 0.15) is 11.1 Å². The first-order valence-corrected chi connectivity index (χ1v) is 12.3. The summed E-state index contributed by atoms with van der Waals surface area (Å²) in [4.78, 5) is 4.29. The van der Waals surface area contributed by atoms with Crippen LogP contribution < -0.4 is 4.74 Å². The Kier molecular flexibility index (Phi) is 5.57.